The monoisotopic (exact) mass is 137 g/mol. The summed E-state index contributed by atoms with van der Waals surface area (Å²) in [4.78, 5) is 9.00. The fraction of sp³-hybridized carbons (Fsp3) is 0.500. The van der Waals surface area contributed by atoms with Crippen LogP contribution in [-0.4, -0.2) is 16.6 Å². The van der Waals surface area contributed by atoms with Crippen molar-refractivity contribution in [2.24, 2.45) is 0 Å². The van der Waals surface area contributed by atoms with E-state index < -0.39 is 5.97 Å². The van der Waals surface area contributed by atoms with Crippen LogP contribution in [0.3, 0.4) is 0 Å². The molecule has 0 aliphatic carbocycles. The smallest absolute Gasteiger partial charge is 0.300 e. The van der Waals surface area contributed by atoms with Gasteiger partial charge in [0.1, 0.15) is 0 Å². The normalized spacial score (nSPS) is 4.17. The molecule has 0 bridgehead atoms. The van der Waals surface area contributed by atoms with Gasteiger partial charge in [-0.1, -0.05) is 0 Å². The molecule has 0 aromatic rings. The number of rotatable bonds is 0. The Bertz CT molecular complexity index is 31.8. The average Bonchev–Trinajstić information content (AvgIpc) is 0.811. The summed E-state index contributed by atoms with van der Waals surface area (Å²) in [5.74, 6) is -0.833. The quantitative estimate of drug-likeness (QED) is 0.477. The van der Waals surface area contributed by atoms with Crippen molar-refractivity contribution in [2.75, 3.05) is 0 Å². The fourth-order valence-corrected chi connectivity index (χ4v) is 0. The van der Waals surface area contributed by atoms with Gasteiger partial charge in [0.05, 0.1) is 0 Å². The van der Waals surface area contributed by atoms with E-state index in [1.807, 2.05) is 0 Å². The summed E-state index contributed by atoms with van der Waals surface area (Å²) in [5.41, 5.74) is 0. The van der Waals surface area contributed by atoms with Crippen LogP contribution in [0.15, 0.2) is 0 Å². The molecule has 6 heavy (non-hydrogen) atoms. The Balaban J connectivity index is -0.0000000450. The maximum absolute atomic E-state index is 9.00. The van der Waals surface area contributed by atoms with Crippen molar-refractivity contribution in [2.45, 2.75) is 6.92 Å². The number of carbonyl (C=O) groups is 1. The minimum atomic E-state index is -0.833. The van der Waals surface area contributed by atoms with E-state index in [4.69, 9.17) is 9.90 Å². The number of hydrogen-bond donors (Lipinski definition) is 1. The fourth-order valence-electron chi connectivity index (χ4n) is 0. The summed E-state index contributed by atoms with van der Waals surface area (Å²) in [7, 11) is 0. The van der Waals surface area contributed by atoms with Gasteiger partial charge in [-0.15, -0.1) is 0 Å². The minimum Gasteiger partial charge on any atom is -0.481 e. The van der Waals surface area contributed by atoms with Crippen LogP contribution in [0.5, 0.6) is 0 Å². The van der Waals surface area contributed by atoms with E-state index >= 15 is 0 Å². The predicted octanol–water partition coefficient (Wildman–Crippen LogP) is -0.736. The molecule has 0 atom stereocenters. The van der Waals surface area contributed by atoms with Crippen molar-refractivity contribution < 1.29 is 32.2 Å². The van der Waals surface area contributed by atoms with Crippen molar-refractivity contribution in [3.63, 3.8) is 0 Å². The van der Waals surface area contributed by atoms with Crippen LogP contribution in [0.2, 0.25) is 0 Å². The maximum Gasteiger partial charge on any atom is 0.300 e. The average molecular weight is 137 g/mol. The van der Waals surface area contributed by atoms with Crippen LogP contribution in [0.25, 0.3) is 0 Å². The molecule has 0 aliphatic heterocycles. The molecule has 0 rings (SSSR count). The molecule has 41 valence electrons. The van der Waals surface area contributed by atoms with E-state index in [9.17, 15) is 0 Å². The van der Waals surface area contributed by atoms with Gasteiger partial charge < -0.3 is 10.6 Å². The summed E-state index contributed by atoms with van der Waals surface area (Å²) in [6.07, 6.45) is 0. The molecule has 0 aliphatic rings. The largest absolute Gasteiger partial charge is 0.481 e. The van der Waals surface area contributed by atoms with Crippen LogP contribution < -0.4 is 0 Å². The molecule has 0 saturated carbocycles. The summed E-state index contributed by atoms with van der Waals surface area (Å²) < 4.78 is 0. The molecule has 0 heterocycles. The second kappa shape index (κ2) is 8.87. The number of hydrogen-bond acceptors (Lipinski definition) is 1. The topological polar surface area (TPSA) is 68.8 Å². The molecule has 0 amide bonds. The SMILES string of the molecule is CC(=O)O.O.[Co]. The maximum atomic E-state index is 9.00. The Morgan fingerprint density at radius 3 is 1.67 bits per heavy atom. The Morgan fingerprint density at radius 1 is 1.67 bits per heavy atom. The standard InChI is InChI=1S/C2H4O2.Co.H2O/c1-2(3)4;;/h1H3,(H,3,4);;1H2. The van der Waals surface area contributed by atoms with E-state index in [-0.39, 0.29) is 22.3 Å². The first kappa shape index (κ1) is 16.8. The number of carboxylic acids is 1. The second-order valence-electron chi connectivity index (χ2n) is 0.519. The third-order valence-electron chi connectivity index (χ3n) is 0. The first-order chi connectivity index (χ1) is 1.73. The Labute approximate surface area is 45.9 Å². The molecule has 1 radical (unpaired) electrons. The van der Waals surface area contributed by atoms with Crippen LogP contribution in [0, 0.1) is 0 Å². The minimum absolute atomic E-state index is 0. The van der Waals surface area contributed by atoms with E-state index in [1.54, 1.807) is 0 Å². The third-order valence-corrected chi connectivity index (χ3v) is 0. The number of carboxylic acid groups (broad SMARTS) is 1. The van der Waals surface area contributed by atoms with Crippen LogP contribution >= 0.6 is 0 Å². The molecule has 0 spiro atoms. The van der Waals surface area contributed by atoms with Crippen molar-refractivity contribution in [1.29, 1.82) is 0 Å². The molecular weight excluding hydrogens is 131 g/mol. The first-order valence-electron chi connectivity index (χ1n) is 0.928. The molecular formula is C2H6CoO3. The summed E-state index contributed by atoms with van der Waals surface area (Å²) in [6, 6.07) is 0. The van der Waals surface area contributed by atoms with E-state index in [0.717, 1.165) is 6.92 Å². The van der Waals surface area contributed by atoms with Gasteiger partial charge in [-0.25, -0.2) is 0 Å². The van der Waals surface area contributed by atoms with Gasteiger partial charge in [0.15, 0.2) is 0 Å². The van der Waals surface area contributed by atoms with E-state index in [1.165, 1.54) is 0 Å². The summed E-state index contributed by atoms with van der Waals surface area (Å²) in [6.45, 7) is 1.08. The Hall–Kier alpha value is -0.0635. The van der Waals surface area contributed by atoms with Gasteiger partial charge in [-0.3, -0.25) is 4.79 Å². The van der Waals surface area contributed by atoms with Crippen molar-refractivity contribution in [3.8, 4) is 0 Å². The van der Waals surface area contributed by atoms with Crippen LogP contribution in [0.4, 0.5) is 0 Å². The first-order valence-corrected chi connectivity index (χ1v) is 0.928. The van der Waals surface area contributed by atoms with Gasteiger partial charge in [0.25, 0.3) is 5.97 Å². The van der Waals surface area contributed by atoms with E-state index in [2.05, 4.69) is 0 Å². The number of aliphatic carboxylic acids is 1. The van der Waals surface area contributed by atoms with Gasteiger partial charge >= 0.3 is 0 Å². The van der Waals surface area contributed by atoms with E-state index in [0.29, 0.717) is 0 Å². The van der Waals surface area contributed by atoms with Gasteiger partial charge in [-0.2, -0.15) is 0 Å². The zero-order chi connectivity index (χ0) is 3.58. The third kappa shape index (κ3) is 8420. The van der Waals surface area contributed by atoms with Crippen LogP contribution in [0.1, 0.15) is 6.92 Å². The zero-order valence-corrected chi connectivity index (χ0v) is 4.23. The van der Waals surface area contributed by atoms with Gasteiger partial charge in [0.2, 0.25) is 0 Å². The van der Waals surface area contributed by atoms with Crippen LogP contribution in [-0.2, 0) is 21.6 Å². The Kier molecular flexibility index (Phi) is 24.8. The molecule has 4 heteroatoms. The molecule has 0 fully saturated rings. The molecule has 3 nitrogen and oxygen atoms in total. The predicted molar refractivity (Wildman–Crippen MR) is 16.9 cm³/mol. The molecule has 3 N–H and O–H groups in total. The van der Waals surface area contributed by atoms with Crippen molar-refractivity contribution >= 4 is 5.97 Å². The zero-order valence-electron chi connectivity index (χ0n) is 3.19. The van der Waals surface area contributed by atoms with Gasteiger partial charge in [-0.05, 0) is 0 Å². The summed E-state index contributed by atoms with van der Waals surface area (Å²) >= 11 is 0. The summed E-state index contributed by atoms with van der Waals surface area (Å²) in [5, 5.41) is 7.42. The van der Waals surface area contributed by atoms with Crippen molar-refractivity contribution in [1.82, 2.24) is 0 Å². The molecule has 0 saturated heterocycles. The Morgan fingerprint density at radius 2 is 1.67 bits per heavy atom. The molecule has 0 aromatic carbocycles. The van der Waals surface area contributed by atoms with Crippen molar-refractivity contribution in [3.05, 3.63) is 0 Å². The second-order valence-corrected chi connectivity index (χ2v) is 0.519. The van der Waals surface area contributed by atoms with Gasteiger partial charge in [0, 0.05) is 23.7 Å². The molecule has 0 unspecified atom stereocenters. The molecule has 0 aromatic heterocycles.